The molecule has 1 aliphatic rings. The van der Waals surface area contributed by atoms with Crippen molar-refractivity contribution in [2.24, 2.45) is 5.92 Å². The molecule has 3 nitrogen and oxygen atoms in total. The lowest BCUT2D eigenvalue weighted by atomic mass is 9.92. The number of hydrogen-bond acceptors (Lipinski definition) is 2. The second-order valence-electron chi connectivity index (χ2n) is 4.90. The minimum absolute atomic E-state index is 0.103. The molecular weight excluding hydrogens is 226 g/mol. The number of rotatable bonds is 4. The summed E-state index contributed by atoms with van der Waals surface area (Å²) in [6.07, 6.45) is 2.16. The van der Waals surface area contributed by atoms with Crippen molar-refractivity contribution in [3.05, 3.63) is 35.9 Å². The Labute approximate surface area is 108 Å². The summed E-state index contributed by atoms with van der Waals surface area (Å²) in [6.45, 7) is 3.65. The average molecular weight is 247 g/mol. The van der Waals surface area contributed by atoms with Gasteiger partial charge in [0.2, 0.25) is 5.91 Å². The van der Waals surface area contributed by atoms with Crippen molar-refractivity contribution in [3.8, 4) is 0 Å². The van der Waals surface area contributed by atoms with E-state index in [0.29, 0.717) is 6.42 Å². The first-order chi connectivity index (χ1) is 8.74. The number of nitrogens with zero attached hydrogens (tertiary/aromatic N) is 1. The molecule has 0 radical (unpaired) electrons. The van der Waals surface area contributed by atoms with Crippen LogP contribution in [0.1, 0.15) is 37.9 Å². The van der Waals surface area contributed by atoms with Gasteiger partial charge in [0.15, 0.2) is 0 Å². The van der Waals surface area contributed by atoms with E-state index in [2.05, 4.69) is 0 Å². The van der Waals surface area contributed by atoms with Gasteiger partial charge in [-0.1, -0.05) is 37.3 Å². The number of benzene rings is 1. The van der Waals surface area contributed by atoms with Crippen molar-refractivity contribution in [1.29, 1.82) is 0 Å². The van der Waals surface area contributed by atoms with Gasteiger partial charge in [0.25, 0.3) is 0 Å². The van der Waals surface area contributed by atoms with Gasteiger partial charge in [-0.25, -0.2) is 0 Å². The van der Waals surface area contributed by atoms with Crippen LogP contribution >= 0.6 is 0 Å². The van der Waals surface area contributed by atoms with Crippen LogP contribution in [0.25, 0.3) is 0 Å². The number of likely N-dealkylation sites (tertiary alicyclic amines) is 1. The average Bonchev–Trinajstić information content (AvgIpc) is 2.94. The number of aliphatic hydroxyl groups excluding tert-OH is 1. The third kappa shape index (κ3) is 2.72. The van der Waals surface area contributed by atoms with Gasteiger partial charge in [0.05, 0.1) is 12.0 Å². The Morgan fingerprint density at radius 3 is 2.44 bits per heavy atom. The van der Waals surface area contributed by atoms with Gasteiger partial charge in [0, 0.05) is 13.1 Å². The van der Waals surface area contributed by atoms with Gasteiger partial charge >= 0.3 is 0 Å². The summed E-state index contributed by atoms with van der Waals surface area (Å²) in [7, 11) is 0. The number of hydrogen-bond donors (Lipinski definition) is 1. The van der Waals surface area contributed by atoms with Crippen LogP contribution < -0.4 is 0 Å². The molecule has 1 aromatic rings. The normalized spacial score (nSPS) is 18.7. The Kier molecular flexibility index (Phi) is 4.37. The summed E-state index contributed by atoms with van der Waals surface area (Å²) in [4.78, 5) is 14.2. The highest BCUT2D eigenvalue weighted by atomic mass is 16.3. The molecule has 3 heteroatoms. The van der Waals surface area contributed by atoms with E-state index < -0.39 is 6.10 Å². The first-order valence-corrected chi connectivity index (χ1v) is 6.76. The van der Waals surface area contributed by atoms with Crippen molar-refractivity contribution in [3.63, 3.8) is 0 Å². The van der Waals surface area contributed by atoms with Crippen LogP contribution in [-0.2, 0) is 4.79 Å². The summed E-state index contributed by atoms with van der Waals surface area (Å²) < 4.78 is 0. The maximum atomic E-state index is 12.4. The van der Waals surface area contributed by atoms with Crippen LogP contribution in [0.3, 0.4) is 0 Å². The van der Waals surface area contributed by atoms with Gasteiger partial charge in [-0.15, -0.1) is 0 Å². The molecule has 0 aromatic heterocycles. The van der Waals surface area contributed by atoms with E-state index in [1.54, 1.807) is 0 Å². The Morgan fingerprint density at radius 1 is 1.28 bits per heavy atom. The minimum Gasteiger partial charge on any atom is -0.388 e. The summed E-state index contributed by atoms with van der Waals surface area (Å²) in [5.74, 6) is -0.211. The molecular formula is C15H21NO2. The lowest BCUT2D eigenvalue weighted by molar-refractivity contribution is -0.138. The summed E-state index contributed by atoms with van der Waals surface area (Å²) >= 11 is 0. The number of aliphatic hydroxyl groups is 1. The lowest BCUT2D eigenvalue weighted by Crippen LogP contribution is -2.36. The fraction of sp³-hybridized carbons (Fsp3) is 0.533. The predicted molar refractivity (Wildman–Crippen MR) is 71.0 cm³/mol. The second kappa shape index (κ2) is 6.01. The molecule has 1 N–H and O–H groups in total. The van der Waals surface area contributed by atoms with Crippen LogP contribution in [0.4, 0.5) is 0 Å². The van der Waals surface area contributed by atoms with Crippen molar-refractivity contribution < 1.29 is 9.90 Å². The zero-order chi connectivity index (χ0) is 13.0. The topological polar surface area (TPSA) is 40.5 Å². The first-order valence-electron chi connectivity index (χ1n) is 6.76. The first kappa shape index (κ1) is 13.1. The fourth-order valence-corrected chi connectivity index (χ4v) is 2.59. The van der Waals surface area contributed by atoms with Crippen molar-refractivity contribution in [2.45, 2.75) is 32.3 Å². The second-order valence-corrected chi connectivity index (χ2v) is 4.90. The molecule has 98 valence electrons. The molecule has 1 aliphatic heterocycles. The van der Waals surface area contributed by atoms with E-state index in [9.17, 15) is 9.90 Å². The van der Waals surface area contributed by atoms with Gasteiger partial charge in [-0.2, -0.15) is 0 Å². The van der Waals surface area contributed by atoms with E-state index in [1.165, 1.54) is 0 Å². The van der Waals surface area contributed by atoms with Crippen LogP contribution in [0, 0.1) is 5.92 Å². The van der Waals surface area contributed by atoms with Gasteiger partial charge in [0.1, 0.15) is 0 Å². The third-order valence-electron chi connectivity index (χ3n) is 3.70. The van der Waals surface area contributed by atoms with Crippen molar-refractivity contribution in [1.82, 2.24) is 4.90 Å². The number of amides is 1. The van der Waals surface area contributed by atoms with E-state index in [1.807, 2.05) is 42.2 Å². The molecule has 1 amide bonds. The SMILES string of the molecule is CCC(C(=O)N1CCCC1)C(O)c1ccccc1. The van der Waals surface area contributed by atoms with Crippen LogP contribution in [0.15, 0.2) is 30.3 Å². The summed E-state index contributed by atoms with van der Waals surface area (Å²) in [5, 5.41) is 10.4. The molecule has 18 heavy (non-hydrogen) atoms. The summed E-state index contributed by atoms with van der Waals surface area (Å²) in [5.41, 5.74) is 0.830. The molecule has 1 heterocycles. The molecule has 2 rings (SSSR count). The fourth-order valence-electron chi connectivity index (χ4n) is 2.59. The van der Waals surface area contributed by atoms with Gasteiger partial charge in [-0.05, 0) is 24.8 Å². The Bertz CT molecular complexity index is 385. The standard InChI is InChI=1S/C15H21NO2/c1-2-13(15(18)16-10-6-7-11-16)14(17)12-8-4-3-5-9-12/h3-5,8-9,13-14,17H,2,6-7,10-11H2,1H3. The molecule has 0 aliphatic carbocycles. The van der Waals surface area contributed by atoms with Gasteiger partial charge < -0.3 is 10.0 Å². The van der Waals surface area contributed by atoms with E-state index in [0.717, 1.165) is 31.5 Å². The Hall–Kier alpha value is -1.35. The minimum atomic E-state index is -0.690. The molecule has 1 fully saturated rings. The number of carbonyl (C=O) groups is 1. The van der Waals surface area contributed by atoms with Crippen molar-refractivity contribution >= 4 is 5.91 Å². The zero-order valence-corrected chi connectivity index (χ0v) is 10.9. The smallest absolute Gasteiger partial charge is 0.228 e. The molecule has 1 aromatic carbocycles. The van der Waals surface area contributed by atoms with Crippen molar-refractivity contribution in [2.75, 3.05) is 13.1 Å². The lowest BCUT2D eigenvalue weighted by Gasteiger charge is -2.26. The van der Waals surface area contributed by atoms with E-state index in [-0.39, 0.29) is 11.8 Å². The molecule has 0 saturated carbocycles. The monoisotopic (exact) mass is 247 g/mol. The van der Waals surface area contributed by atoms with Crippen LogP contribution in [-0.4, -0.2) is 29.0 Å². The maximum Gasteiger partial charge on any atom is 0.228 e. The predicted octanol–water partition coefficient (Wildman–Crippen LogP) is 2.37. The third-order valence-corrected chi connectivity index (χ3v) is 3.70. The number of carbonyl (C=O) groups excluding carboxylic acids is 1. The van der Waals surface area contributed by atoms with Crippen LogP contribution in [0.5, 0.6) is 0 Å². The van der Waals surface area contributed by atoms with E-state index >= 15 is 0 Å². The van der Waals surface area contributed by atoms with E-state index in [4.69, 9.17) is 0 Å². The summed E-state index contributed by atoms with van der Waals surface area (Å²) in [6, 6.07) is 9.46. The highest BCUT2D eigenvalue weighted by Gasteiger charge is 2.31. The largest absolute Gasteiger partial charge is 0.388 e. The maximum absolute atomic E-state index is 12.4. The highest BCUT2D eigenvalue weighted by Crippen LogP contribution is 2.27. The Balaban J connectivity index is 2.10. The molecule has 0 spiro atoms. The zero-order valence-electron chi connectivity index (χ0n) is 10.9. The molecule has 0 bridgehead atoms. The molecule has 1 saturated heterocycles. The quantitative estimate of drug-likeness (QED) is 0.887. The highest BCUT2D eigenvalue weighted by molar-refractivity contribution is 5.79. The molecule has 2 unspecified atom stereocenters. The van der Waals surface area contributed by atoms with Crippen LogP contribution in [0.2, 0.25) is 0 Å². The molecule has 2 atom stereocenters. The Morgan fingerprint density at radius 2 is 1.89 bits per heavy atom. The van der Waals surface area contributed by atoms with Gasteiger partial charge in [-0.3, -0.25) is 4.79 Å².